The molecule has 88 valence electrons. The molecule has 0 heterocycles. The Bertz CT molecular complexity index is 361. The number of carbonyl (C=O) groups is 1. The Kier molecular flexibility index (Phi) is 5.53. The van der Waals surface area contributed by atoms with Crippen molar-refractivity contribution in [2.24, 2.45) is 0 Å². The van der Waals surface area contributed by atoms with Gasteiger partial charge in [0.25, 0.3) is 0 Å². The van der Waals surface area contributed by atoms with Gasteiger partial charge in [-0.3, -0.25) is 0 Å². The summed E-state index contributed by atoms with van der Waals surface area (Å²) in [5.74, 6) is -0.222. The van der Waals surface area contributed by atoms with Gasteiger partial charge in [-0.05, 0) is 43.9 Å². The van der Waals surface area contributed by atoms with Crippen molar-refractivity contribution in [3.8, 4) is 0 Å². The Hall–Kier alpha value is -0.830. The molecule has 0 saturated carbocycles. The van der Waals surface area contributed by atoms with Crippen LogP contribution in [-0.2, 0) is 11.2 Å². The number of carbonyl (C=O) groups excluding carboxylic acids is 1. The molecule has 3 heteroatoms. The van der Waals surface area contributed by atoms with Gasteiger partial charge in [-0.2, -0.15) is 0 Å². The number of aryl methyl sites for hydroxylation is 2. The summed E-state index contributed by atoms with van der Waals surface area (Å²) in [4.78, 5) is 11.7. The van der Waals surface area contributed by atoms with Gasteiger partial charge in [0.2, 0.25) is 0 Å². The maximum Gasteiger partial charge on any atom is 0.338 e. The van der Waals surface area contributed by atoms with E-state index in [1.807, 2.05) is 26.0 Å². The fraction of sp³-hybridized carbons (Fsp3) is 0.462. The highest BCUT2D eigenvalue weighted by atomic mass is 79.9. The van der Waals surface area contributed by atoms with Crippen LogP contribution in [0.15, 0.2) is 18.2 Å². The zero-order chi connectivity index (χ0) is 12.0. The average molecular weight is 285 g/mol. The molecule has 0 N–H and O–H groups in total. The van der Waals surface area contributed by atoms with Crippen LogP contribution in [0, 0.1) is 6.92 Å². The fourth-order valence-corrected chi connectivity index (χ4v) is 1.80. The number of hydrogen-bond acceptors (Lipinski definition) is 2. The number of esters is 1. The summed E-state index contributed by atoms with van der Waals surface area (Å²) in [5.41, 5.74) is 2.85. The number of halogens is 1. The average Bonchev–Trinajstić information content (AvgIpc) is 2.28. The summed E-state index contributed by atoms with van der Waals surface area (Å²) in [6.07, 6.45) is 2.06. The van der Waals surface area contributed by atoms with E-state index in [1.54, 1.807) is 0 Å². The van der Waals surface area contributed by atoms with Gasteiger partial charge in [0.05, 0.1) is 12.2 Å². The Morgan fingerprint density at radius 3 is 2.81 bits per heavy atom. The SMILES string of the molecule is CCOC(=O)c1cc(CCCBr)ccc1C. The lowest BCUT2D eigenvalue weighted by atomic mass is 10.0. The minimum absolute atomic E-state index is 0.222. The van der Waals surface area contributed by atoms with Crippen LogP contribution in [0.5, 0.6) is 0 Å². The van der Waals surface area contributed by atoms with E-state index in [-0.39, 0.29) is 5.97 Å². The highest BCUT2D eigenvalue weighted by molar-refractivity contribution is 9.09. The number of hydrogen-bond donors (Lipinski definition) is 0. The first-order chi connectivity index (χ1) is 7.69. The second kappa shape index (κ2) is 6.69. The van der Waals surface area contributed by atoms with Gasteiger partial charge in [0.15, 0.2) is 0 Å². The third kappa shape index (κ3) is 3.63. The zero-order valence-electron chi connectivity index (χ0n) is 9.75. The lowest BCUT2D eigenvalue weighted by molar-refractivity contribution is 0.0525. The number of rotatable bonds is 5. The summed E-state index contributed by atoms with van der Waals surface area (Å²) >= 11 is 3.40. The van der Waals surface area contributed by atoms with Gasteiger partial charge < -0.3 is 4.74 Å². The second-order valence-electron chi connectivity index (χ2n) is 3.66. The maximum absolute atomic E-state index is 11.7. The molecule has 0 saturated heterocycles. The van der Waals surface area contributed by atoms with Crippen LogP contribution >= 0.6 is 15.9 Å². The van der Waals surface area contributed by atoms with Crippen LogP contribution in [-0.4, -0.2) is 17.9 Å². The summed E-state index contributed by atoms with van der Waals surface area (Å²) in [6.45, 7) is 4.17. The van der Waals surface area contributed by atoms with E-state index in [1.165, 1.54) is 5.56 Å². The van der Waals surface area contributed by atoms with Crippen molar-refractivity contribution in [2.75, 3.05) is 11.9 Å². The van der Waals surface area contributed by atoms with Crippen LogP contribution in [0.1, 0.15) is 34.8 Å². The molecule has 1 aromatic carbocycles. The van der Waals surface area contributed by atoms with Gasteiger partial charge in [0.1, 0.15) is 0 Å². The molecule has 2 nitrogen and oxygen atoms in total. The molecule has 0 atom stereocenters. The first kappa shape index (κ1) is 13.2. The predicted molar refractivity (Wildman–Crippen MR) is 69.3 cm³/mol. The van der Waals surface area contributed by atoms with Crippen molar-refractivity contribution in [3.63, 3.8) is 0 Å². The van der Waals surface area contributed by atoms with Crippen molar-refractivity contribution >= 4 is 21.9 Å². The van der Waals surface area contributed by atoms with Crippen LogP contribution in [0.4, 0.5) is 0 Å². The van der Waals surface area contributed by atoms with Crippen molar-refractivity contribution in [1.29, 1.82) is 0 Å². The highest BCUT2D eigenvalue weighted by Gasteiger charge is 2.10. The monoisotopic (exact) mass is 284 g/mol. The van der Waals surface area contributed by atoms with Gasteiger partial charge in [0, 0.05) is 5.33 Å². The third-order valence-corrected chi connectivity index (χ3v) is 2.96. The Labute approximate surface area is 105 Å². The quantitative estimate of drug-likeness (QED) is 0.611. The van der Waals surface area contributed by atoms with E-state index >= 15 is 0 Å². The second-order valence-corrected chi connectivity index (χ2v) is 4.46. The Balaban J connectivity index is 2.85. The Morgan fingerprint density at radius 2 is 2.19 bits per heavy atom. The first-order valence-electron chi connectivity index (χ1n) is 5.51. The molecule has 1 rings (SSSR count). The van der Waals surface area contributed by atoms with Crippen LogP contribution in [0.3, 0.4) is 0 Å². The molecule has 0 fully saturated rings. The minimum Gasteiger partial charge on any atom is -0.462 e. The molecule has 0 aliphatic carbocycles. The molecular weight excluding hydrogens is 268 g/mol. The number of alkyl halides is 1. The number of ether oxygens (including phenoxy) is 1. The topological polar surface area (TPSA) is 26.3 Å². The largest absolute Gasteiger partial charge is 0.462 e. The lowest BCUT2D eigenvalue weighted by Crippen LogP contribution is -2.07. The smallest absolute Gasteiger partial charge is 0.338 e. The molecule has 0 aliphatic heterocycles. The first-order valence-corrected chi connectivity index (χ1v) is 6.63. The predicted octanol–water partition coefficient (Wildman–Crippen LogP) is 3.50. The van der Waals surface area contributed by atoms with Crippen LogP contribution < -0.4 is 0 Å². The van der Waals surface area contributed by atoms with Crippen LogP contribution in [0.25, 0.3) is 0 Å². The molecular formula is C13H17BrO2. The van der Waals surface area contributed by atoms with Gasteiger partial charge >= 0.3 is 5.97 Å². The molecule has 0 radical (unpaired) electrons. The van der Waals surface area contributed by atoms with Crippen molar-refractivity contribution in [2.45, 2.75) is 26.7 Å². The summed E-state index contributed by atoms with van der Waals surface area (Å²) in [7, 11) is 0. The van der Waals surface area contributed by atoms with E-state index in [4.69, 9.17) is 4.74 Å². The standard InChI is InChI=1S/C13H17BrO2/c1-3-16-13(15)12-9-11(5-4-8-14)7-6-10(12)2/h6-7,9H,3-5,8H2,1-2H3. The zero-order valence-corrected chi connectivity index (χ0v) is 11.3. The van der Waals surface area contributed by atoms with E-state index < -0.39 is 0 Å². The normalized spacial score (nSPS) is 10.2. The number of benzene rings is 1. The van der Waals surface area contributed by atoms with Gasteiger partial charge in [-0.1, -0.05) is 28.1 Å². The molecule has 0 aliphatic rings. The summed E-state index contributed by atoms with van der Waals surface area (Å²) in [5, 5.41) is 0.982. The maximum atomic E-state index is 11.7. The van der Waals surface area contributed by atoms with Crippen molar-refractivity contribution < 1.29 is 9.53 Å². The molecule has 0 aromatic heterocycles. The third-order valence-electron chi connectivity index (χ3n) is 2.40. The van der Waals surface area contributed by atoms with E-state index in [9.17, 15) is 4.79 Å². The summed E-state index contributed by atoms with van der Waals surface area (Å²) < 4.78 is 5.02. The molecule has 0 amide bonds. The molecule has 0 unspecified atom stereocenters. The molecule has 1 aromatic rings. The minimum atomic E-state index is -0.222. The van der Waals surface area contributed by atoms with Crippen molar-refractivity contribution in [1.82, 2.24) is 0 Å². The van der Waals surface area contributed by atoms with Gasteiger partial charge in [-0.25, -0.2) is 4.79 Å². The van der Waals surface area contributed by atoms with Crippen LogP contribution in [0.2, 0.25) is 0 Å². The fourth-order valence-electron chi connectivity index (χ4n) is 1.52. The lowest BCUT2D eigenvalue weighted by Gasteiger charge is -2.07. The highest BCUT2D eigenvalue weighted by Crippen LogP contribution is 2.14. The molecule has 0 spiro atoms. The Morgan fingerprint density at radius 1 is 1.44 bits per heavy atom. The van der Waals surface area contributed by atoms with E-state index in [0.29, 0.717) is 12.2 Å². The van der Waals surface area contributed by atoms with Crippen molar-refractivity contribution in [3.05, 3.63) is 34.9 Å². The van der Waals surface area contributed by atoms with Gasteiger partial charge in [-0.15, -0.1) is 0 Å². The van der Waals surface area contributed by atoms with E-state index in [2.05, 4.69) is 22.0 Å². The van der Waals surface area contributed by atoms with E-state index in [0.717, 1.165) is 23.7 Å². The molecule has 16 heavy (non-hydrogen) atoms. The summed E-state index contributed by atoms with van der Waals surface area (Å²) in [6, 6.07) is 5.99. The molecule has 0 bridgehead atoms.